The third-order valence-corrected chi connectivity index (χ3v) is 4.93. The molecule has 0 bridgehead atoms. The summed E-state index contributed by atoms with van der Waals surface area (Å²) in [6, 6.07) is 4.64. The Labute approximate surface area is 192 Å². The number of nitrogens with one attached hydrogen (secondary N) is 3. The van der Waals surface area contributed by atoms with E-state index in [2.05, 4.69) is 16.0 Å². The number of carboxylic acid groups (broad SMARTS) is 1. The Hall–Kier alpha value is -3.47. The summed E-state index contributed by atoms with van der Waals surface area (Å²) >= 11 is 0. The minimum atomic E-state index is -1.21. The maximum absolute atomic E-state index is 13.1. The first-order chi connectivity index (χ1) is 15.4. The molecule has 1 aromatic carbocycles. The van der Waals surface area contributed by atoms with E-state index in [0.717, 1.165) is 5.56 Å². The van der Waals surface area contributed by atoms with Crippen LogP contribution in [-0.2, 0) is 30.4 Å². The molecule has 0 saturated carbocycles. The highest BCUT2D eigenvalue weighted by atomic mass is 16.4. The van der Waals surface area contributed by atoms with Gasteiger partial charge in [-0.25, -0.2) is 0 Å². The number of aliphatic carboxylic acids is 1. The average molecular weight is 464 g/mol. The third kappa shape index (κ3) is 9.69. The summed E-state index contributed by atoms with van der Waals surface area (Å²) in [6.07, 6.45) is 0.0609. The molecule has 33 heavy (non-hydrogen) atoms. The molecule has 1 aromatic rings. The van der Waals surface area contributed by atoms with Gasteiger partial charge in [-0.2, -0.15) is 0 Å². The molecule has 0 aromatic heterocycles. The highest BCUT2D eigenvalue weighted by Crippen LogP contribution is 2.08. The largest absolute Gasteiger partial charge is 0.480 e. The van der Waals surface area contributed by atoms with E-state index in [9.17, 15) is 24.0 Å². The van der Waals surface area contributed by atoms with E-state index in [-0.39, 0.29) is 25.2 Å². The minimum Gasteiger partial charge on any atom is -0.480 e. The van der Waals surface area contributed by atoms with E-state index < -0.39 is 53.8 Å². The van der Waals surface area contributed by atoms with Crippen molar-refractivity contribution in [2.75, 3.05) is 0 Å². The minimum absolute atomic E-state index is 0.0188. The molecule has 0 aliphatic carbocycles. The Kier molecular flexibility index (Phi) is 11.0. The van der Waals surface area contributed by atoms with Gasteiger partial charge in [0.25, 0.3) is 0 Å². The highest BCUT2D eigenvalue weighted by molar-refractivity contribution is 5.94. The number of amides is 4. The third-order valence-electron chi connectivity index (χ3n) is 4.93. The number of primary amides is 1. The van der Waals surface area contributed by atoms with Crippen molar-refractivity contribution in [3.8, 4) is 0 Å². The van der Waals surface area contributed by atoms with Crippen molar-refractivity contribution in [1.82, 2.24) is 16.0 Å². The SMILES string of the molecule is CC(NC(=O)C(NC(=O)C(Cc1ccccc1)NC(=O)C(N)CCC(N)=O)C(C)C)C(=O)O. The van der Waals surface area contributed by atoms with Gasteiger partial charge in [0.05, 0.1) is 6.04 Å². The fourth-order valence-electron chi connectivity index (χ4n) is 2.92. The Morgan fingerprint density at radius 1 is 0.909 bits per heavy atom. The lowest BCUT2D eigenvalue weighted by atomic mass is 10.00. The molecule has 4 amide bonds. The summed E-state index contributed by atoms with van der Waals surface area (Å²) < 4.78 is 0. The van der Waals surface area contributed by atoms with E-state index in [1.807, 2.05) is 0 Å². The van der Waals surface area contributed by atoms with E-state index in [1.165, 1.54) is 6.92 Å². The number of hydrogen-bond donors (Lipinski definition) is 6. The second-order valence-corrected chi connectivity index (χ2v) is 8.16. The molecule has 0 radical (unpaired) electrons. The zero-order valence-corrected chi connectivity index (χ0v) is 19.0. The number of carbonyl (C=O) groups excluding carboxylic acids is 4. The second kappa shape index (κ2) is 13.2. The molecule has 0 aliphatic heterocycles. The van der Waals surface area contributed by atoms with Crippen molar-refractivity contribution in [1.29, 1.82) is 0 Å². The van der Waals surface area contributed by atoms with E-state index in [4.69, 9.17) is 16.6 Å². The first-order valence-corrected chi connectivity index (χ1v) is 10.6. The molecule has 1 rings (SSSR count). The molecule has 11 heteroatoms. The van der Waals surface area contributed by atoms with Crippen LogP contribution in [0.1, 0.15) is 39.2 Å². The standard InChI is InChI=1S/C22H33N5O6/c1-12(2)18(21(31)25-13(3)22(32)33)27-20(30)16(11-14-7-5-4-6-8-14)26-19(29)15(23)9-10-17(24)28/h4-8,12-13,15-16,18H,9-11,23H2,1-3H3,(H2,24,28)(H,25,31)(H,26,29)(H,27,30)(H,32,33). The van der Waals surface area contributed by atoms with E-state index >= 15 is 0 Å². The van der Waals surface area contributed by atoms with Crippen LogP contribution >= 0.6 is 0 Å². The summed E-state index contributed by atoms with van der Waals surface area (Å²) in [4.78, 5) is 60.2. The normalized spacial score (nSPS) is 14.5. The Balaban J connectivity index is 3.00. The summed E-state index contributed by atoms with van der Waals surface area (Å²) in [5, 5.41) is 16.5. The molecule has 8 N–H and O–H groups in total. The molecule has 0 fully saturated rings. The number of rotatable bonds is 13. The van der Waals surface area contributed by atoms with Crippen LogP contribution in [0.3, 0.4) is 0 Å². The zero-order valence-electron chi connectivity index (χ0n) is 19.0. The van der Waals surface area contributed by atoms with Gasteiger partial charge in [-0.1, -0.05) is 44.2 Å². The Bertz CT molecular complexity index is 845. The monoisotopic (exact) mass is 463 g/mol. The fraction of sp³-hybridized carbons (Fsp3) is 0.500. The van der Waals surface area contributed by atoms with Gasteiger partial charge in [0.15, 0.2) is 0 Å². The van der Waals surface area contributed by atoms with Crippen LogP contribution in [-0.4, -0.2) is 58.9 Å². The summed E-state index contributed by atoms with van der Waals surface area (Å²) in [5.41, 5.74) is 11.7. The van der Waals surface area contributed by atoms with Gasteiger partial charge in [-0.15, -0.1) is 0 Å². The highest BCUT2D eigenvalue weighted by Gasteiger charge is 2.31. The fourth-order valence-corrected chi connectivity index (χ4v) is 2.92. The molecule has 4 atom stereocenters. The van der Waals surface area contributed by atoms with Gasteiger partial charge < -0.3 is 32.5 Å². The molecular formula is C22H33N5O6. The Morgan fingerprint density at radius 2 is 1.52 bits per heavy atom. The predicted molar refractivity (Wildman–Crippen MR) is 120 cm³/mol. The van der Waals surface area contributed by atoms with Crippen molar-refractivity contribution >= 4 is 29.6 Å². The number of benzene rings is 1. The van der Waals surface area contributed by atoms with Gasteiger partial charge in [0, 0.05) is 12.8 Å². The average Bonchev–Trinajstić information content (AvgIpc) is 2.75. The second-order valence-electron chi connectivity index (χ2n) is 8.16. The van der Waals surface area contributed by atoms with E-state index in [1.54, 1.807) is 44.2 Å². The molecule has 11 nitrogen and oxygen atoms in total. The van der Waals surface area contributed by atoms with Crippen LogP contribution in [0.4, 0.5) is 0 Å². The number of carbonyl (C=O) groups is 5. The van der Waals surface area contributed by atoms with Crippen molar-refractivity contribution < 1.29 is 29.1 Å². The predicted octanol–water partition coefficient (Wildman–Crippen LogP) is -0.963. The summed E-state index contributed by atoms with van der Waals surface area (Å²) in [6.45, 7) is 4.70. The van der Waals surface area contributed by atoms with Crippen molar-refractivity contribution in [2.45, 2.75) is 64.2 Å². The van der Waals surface area contributed by atoms with Gasteiger partial charge in [0.1, 0.15) is 18.1 Å². The van der Waals surface area contributed by atoms with Crippen LogP contribution in [0.2, 0.25) is 0 Å². The van der Waals surface area contributed by atoms with Crippen molar-refractivity contribution in [3.63, 3.8) is 0 Å². The van der Waals surface area contributed by atoms with Crippen LogP contribution < -0.4 is 27.4 Å². The molecule has 0 aliphatic rings. The lowest BCUT2D eigenvalue weighted by molar-refractivity contribution is -0.142. The first-order valence-electron chi connectivity index (χ1n) is 10.6. The molecular weight excluding hydrogens is 430 g/mol. The van der Waals surface area contributed by atoms with Crippen LogP contribution in [0.25, 0.3) is 0 Å². The van der Waals surface area contributed by atoms with Crippen LogP contribution in [0.15, 0.2) is 30.3 Å². The number of carboxylic acids is 1. The molecule has 0 heterocycles. The number of nitrogens with two attached hydrogens (primary N) is 2. The van der Waals surface area contributed by atoms with Gasteiger partial charge in [-0.3, -0.25) is 24.0 Å². The molecule has 0 saturated heterocycles. The topological polar surface area (TPSA) is 194 Å². The smallest absolute Gasteiger partial charge is 0.325 e. The Morgan fingerprint density at radius 3 is 2.03 bits per heavy atom. The lowest BCUT2D eigenvalue weighted by Crippen LogP contribution is -2.58. The van der Waals surface area contributed by atoms with E-state index in [0.29, 0.717) is 0 Å². The molecule has 0 spiro atoms. The summed E-state index contributed by atoms with van der Waals surface area (Å²) in [7, 11) is 0. The zero-order chi connectivity index (χ0) is 25.1. The van der Waals surface area contributed by atoms with Crippen molar-refractivity contribution in [3.05, 3.63) is 35.9 Å². The first kappa shape index (κ1) is 27.6. The van der Waals surface area contributed by atoms with Crippen LogP contribution in [0.5, 0.6) is 0 Å². The molecule has 182 valence electrons. The molecule has 4 unspecified atom stereocenters. The van der Waals surface area contributed by atoms with Crippen molar-refractivity contribution in [2.24, 2.45) is 17.4 Å². The maximum atomic E-state index is 13.1. The van der Waals surface area contributed by atoms with Gasteiger partial charge in [0.2, 0.25) is 23.6 Å². The summed E-state index contributed by atoms with van der Waals surface area (Å²) in [5.74, 6) is -4.10. The quantitative estimate of drug-likeness (QED) is 0.217. The maximum Gasteiger partial charge on any atom is 0.325 e. The van der Waals surface area contributed by atoms with Crippen LogP contribution in [0, 0.1) is 5.92 Å². The van der Waals surface area contributed by atoms with Gasteiger partial charge in [-0.05, 0) is 24.8 Å². The lowest BCUT2D eigenvalue weighted by Gasteiger charge is -2.26. The number of hydrogen-bond acceptors (Lipinski definition) is 6. The van der Waals surface area contributed by atoms with Gasteiger partial charge >= 0.3 is 5.97 Å².